The number of carbonyl (C=O) groups excluding carboxylic acids is 1. The average Bonchev–Trinajstić information content (AvgIpc) is 2.25. The molecule has 7 heteroatoms. The maximum Gasteiger partial charge on any atom is 0.217 e. The lowest BCUT2D eigenvalue weighted by Crippen LogP contribution is -2.64. The zero-order chi connectivity index (χ0) is 12.3. The van der Waals surface area contributed by atoms with Gasteiger partial charge in [0.2, 0.25) is 5.91 Å². The Kier molecular flexibility index (Phi) is 4.63. The number of carbonyl (C=O) groups is 1. The van der Waals surface area contributed by atoms with Gasteiger partial charge in [-0.3, -0.25) is 4.79 Å². The molecule has 0 radical (unpaired) electrons. The summed E-state index contributed by atoms with van der Waals surface area (Å²) in [5.74, 6) is -0.371. The fraction of sp³-hybridized carbons (Fsp3) is 0.889. The molecule has 5 atom stereocenters. The van der Waals surface area contributed by atoms with Gasteiger partial charge in [-0.05, 0) is 0 Å². The molecule has 7 nitrogen and oxygen atoms in total. The molecule has 0 saturated carbocycles. The Morgan fingerprint density at radius 2 is 2.06 bits per heavy atom. The minimum Gasteiger partial charge on any atom is -0.394 e. The van der Waals surface area contributed by atoms with Gasteiger partial charge in [-0.1, -0.05) is 0 Å². The third-order valence-corrected chi connectivity index (χ3v) is 2.48. The van der Waals surface area contributed by atoms with E-state index in [-0.39, 0.29) is 5.91 Å². The van der Waals surface area contributed by atoms with Crippen molar-refractivity contribution in [2.24, 2.45) is 0 Å². The van der Waals surface area contributed by atoms with E-state index < -0.39 is 37.3 Å². The van der Waals surface area contributed by atoms with Crippen LogP contribution < -0.4 is 5.32 Å². The van der Waals surface area contributed by atoms with E-state index in [1.807, 2.05) is 0 Å². The molecule has 1 fully saturated rings. The largest absolute Gasteiger partial charge is 0.394 e. The Hall–Kier alpha value is -0.730. The molecular formula is C9H17NO6. The Morgan fingerprint density at radius 3 is 2.50 bits per heavy atom. The van der Waals surface area contributed by atoms with Crippen LogP contribution in [0.4, 0.5) is 0 Å². The number of nitrogens with one attached hydrogen (secondary N) is 1. The van der Waals surface area contributed by atoms with Gasteiger partial charge >= 0.3 is 0 Å². The van der Waals surface area contributed by atoms with E-state index >= 15 is 0 Å². The van der Waals surface area contributed by atoms with Crippen molar-refractivity contribution < 1.29 is 29.6 Å². The number of amides is 1. The summed E-state index contributed by atoms with van der Waals surface area (Å²) in [6.07, 6.45) is -4.35. The normalized spacial score (nSPS) is 39.4. The summed E-state index contributed by atoms with van der Waals surface area (Å²) in [6, 6.07) is -0.861. The Morgan fingerprint density at radius 1 is 1.44 bits per heavy atom. The highest BCUT2D eigenvalue weighted by molar-refractivity contribution is 5.73. The summed E-state index contributed by atoms with van der Waals surface area (Å²) in [5.41, 5.74) is 0. The van der Waals surface area contributed by atoms with Crippen molar-refractivity contribution in [1.29, 1.82) is 0 Å². The number of rotatable bonds is 3. The zero-order valence-corrected chi connectivity index (χ0v) is 9.16. The van der Waals surface area contributed by atoms with Gasteiger partial charge in [0.1, 0.15) is 24.4 Å². The SMILES string of the molecule is CO[13C@H]1O[C@H](CO)[C@@H](O)[C@H](O)[C@H]1N[13C]([13CH3])=O. The first kappa shape index (κ1) is 13.3. The van der Waals surface area contributed by atoms with Gasteiger partial charge in [0, 0.05) is 14.0 Å². The predicted octanol–water partition coefficient (Wildman–Crippen LogP) is -2.42. The third kappa shape index (κ3) is 2.69. The lowest BCUT2D eigenvalue weighted by atomic mass is 10.0. The summed E-state index contributed by atoms with van der Waals surface area (Å²) in [6.45, 7) is 0.842. The molecular weight excluding hydrogens is 221 g/mol. The van der Waals surface area contributed by atoms with Gasteiger partial charge < -0.3 is 30.1 Å². The van der Waals surface area contributed by atoms with E-state index in [2.05, 4.69) is 5.32 Å². The molecule has 0 bridgehead atoms. The molecule has 0 aliphatic carbocycles. The molecule has 0 unspecified atom stereocenters. The molecule has 1 amide bonds. The van der Waals surface area contributed by atoms with Gasteiger partial charge in [0.05, 0.1) is 6.61 Å². The van der Waals surface area contributed by atoms with Crippen LogP contribution in [0, 0.1) is 0 Å². The van der Waals surface area contributed by atoms with Crippen molar-refractivity contribution in [3.05, 3.63) is 0 Å². The van der Waals surface area contributed by atoms with E-state index in [9.17, 15) is 15.0 Å². The molecule has 0 aromatic rings. The molecule has 1 aliphatic heterocycles. The highest BCUT2D eigenvalue weighted by Crippen LogP contribution is 2.21. The molecule has 0 aromatic carbocycles. The average molecular weight is 238 g/mol. The molecule has 0 spiro atoms. The van der Waals surface area contributed by atoms with Crippen LogP contribution in [0.15, 0.2) is 0 Å². The lowest BCUT2D eigenvalue weighted by molar-refractivity contribution is -0.262. The fourth-order valence-corrected chi connectivity index (χ4v) is 1.67. The first-order valence-corrected chi connectivity index (χ1v) is 4.93. The van der Waals surface area contributed by atoms with Gasteiger partial charge in [-0.2, -0.15) is 0 Å². The van der Waals surface area contributed by atoms with Crippen molar-refractivity contribution in [3.63, 3.8) is 0 Å². The van der Waals surface area contributed by atoms with Crippen molar-refractivity contribution in [1.82, 2.24) is 5.32 Å². The van der Waals surface area contributed by atoms with Gasteiger partial charge in [0.15, 0.2) is 6.29 Å². The molecule has 1 saturated heterocycles. The predicted molar refractivity (Wildman–Crippen MR) is 52.4 cm³/mol. The van der Waals surface area contributed by atoms with Crippen molar-refractivity contribution in [2.75, 3.05) is 13.7 Å². The summed E-state index contributed by atoms with van der Waals surface area (Å²) in [7, 11) is 1.35. The lowest BCUT2D eigenvalue weighted by Gasteiger charge is -2.41. The van der Waals surface area contributed by atoms with Crippen LogP contribution in [0.3, 0.4) is 0 Å². The minimum absolute atomic E-state index is 0.371. The highest BCUT2D eigenvalue weighted by atomic mass is 16.8. The number of aliphatic hydroxyl groups is 3. The molecule has 1 aliphatic rings. The number of methoxy groups -OCH3 is 1. The second kappa shape index (κ2) is 5.55. The maximum atomic E-state index is 10.9. The smallest absolute Gasteiger partial charge is 0.217 e. The second-order valence-corrected chi connectivity index (χ2v) is 3.67. The topological polar surface area (TPSA) is 108 Å². The first-order valence-electron chi connectivity index (χ1n) is 4.93. The van der Waals surface area contributed by atoms with E-state index in [4.69, 9.17) is 14.6 Å². The van der Waals surface area contributed by atoms with Crippen LogP contribution in [0.25, 0.3) is 0 Å². The molecule has 1 rings (SSSR count). The first-order chi connectivity index (χ1) is 7.51. The number of hydrogen-bond donors (Lipinski definition) is 4. The number of ether oxygens (including phenoxy) is 2. The molecule has 94 valence electrons. The van der Waals surface area contributed by atoms with E-state index in [1.165, 1.54) is 14.0 Å². The second-order valence-electron chi connectivity index (χ2n) is 3.67. The molecule has 0 aromatic heterocycles. The number of hydrogen-bond acceptors (Lipinski definition) is 6. The van der Waals surface area contributed by atoms with E-state index in [0.717, 1.165) is 0 Å². The Bertz CT molecular complexity index is 246. The summed E-state index contributed by atoms with van der Waals surface area (Å²) in [5, 5.41) is 30.7. The fourth-order valence-electron chi connectivity index (χ4n) is 1.67. The third-order valence-electron chi connectivity index (χ3n) is 2.48. The van der Waals surface area contributed by atoms with Crippen molar-refractivity contribution in [2.45, 2.75) is 37.6 Å². The summed E-state index contributed by atoms with van der Waals surface area (Å²) in [4.78, 5) is 10.9. The van der Waals surface area contributed by atoms with Crippen LogP contribution in [-0.2, 0) is 14.3 Å². The summed E-state index contributed by atoms with van der Waals surface area (Å²) < 4.78 is 10.1. The van der Waals surface area contributed by atoms with Crippen LogP contribution in [-0.4, -0.2) is 65.6 Å². The summed E-state index contributed by atoms with van der Waals surface area (Å²) >= 11 is 0. The van der Waals surface area contributed by atoms with Crippen molar-refractivity contribution in [3.8, 4) is 0 Å². The highest BCUT2D eigenvalue weighted by Gasteiger charge is 2.44. The van der Waals surface area contributed by atoms with Gasteiger partial charge in [-0.25, -0.2) is 0 Å². The minimum atomic E-state index is -1.27. The molecule has 4 N–H and O–H groups in total. The van der Waals surface area contributed by atoms with Gasteiger partial charge in [-0.15, -0.1) is 0 Å². The van der Waals surface area contributed by atoms with Crippen molar-refractivity contribution >= 4 is 5.91 Å². The molecule has 16 heavy (non-hydrogen) atoms. The monoisotopic (exact) mass is 238 g/mol. The maximum absolute atomic E-state index is 10.9. The Balaban J connectivity index is 2.77. The van der Waals surface area contributed by atoms with Crippen LogP contribution in [0.2, 0.25) is 0 Å². The van der Waals surface area contributed by atoms with Gasteiger partial charge in [0.25, 0.3) is 0 Å². The van der Waals surface area contributed by atoms with E-state index in [0.29, 0.717) is 0 Å². The standard InChI is InChI=1S/C9H17NO6/c1-4(12)10-6-8(14)7(13)5(3-11)16-9(6)15-2/h5-9,11,13-14H,3H2,1-2H3,(H,10,12)/t5-,6-,7-,8-,9+/m1/s1/i1+1,4+1,9+1. The van der Waals surface area contributed by atoms with Crippen LogP contribution >= 0.6 is 0 Å². The van der Waals surface area contributed by atoms with Crippen LogP contribution in [0.5, 0.6) is 0 Å². The Labute approximate surface area is 93.0 Å². The quantitative estimate of drug-likeness (QED) is 0.407. The number of aliphatic hydroxyl groups excluding tert-OH is 3. The van der Waals surface area contributed by atoms with Crippen LogP contribution in [0.1, 0.15) is 6.92 Å². The molecule has 1 heterocycles. The van der Waals surface area contributed by atoms with E-state index in [1.54, 1.807) is 0 Å². The zero-order valence-electron chi connectivity index (χ0n) is 9.16.